The van der Waals surface area contributed by atoms with Crippen LogP contribution in [0, 0.1) is 5.92 Å². The van der Waals surface area contributed by atoms with Crippen LogP contribution in [-0.2, 0) is 9.36 Å². The van der Waals surface area contributed by atoms with Crippen molar-refractivity contribution < 1.29 is 19.4 Å². The van der Waals surface area contributed by atoms with Gasteiger partial charge in [-0.15, -0.1) is 0 Å². The van der Waals surface area contributed by atoms with Gasteiger partial charge in [-0.05, 0) is 5.92 Å². The van der Waals surface area contributed by atoms with E-state index in [0.717, 1.165) is 0 Å². The molecule has 0 saturated heterocycles. The molecule has 2 atom stereocenters. The van der Waals surface area contributed by atoms with Gasteiger partial charge >= 0.3 is 5.97 Å². The molecule has 0 heterocycles. The number of aliphatic carboxylic acids is 1. The molecule has 2 unspecified atom stereocenters. The predicted octanol–water partition coefficient (Wildman–Crippen LogP) is 1.78. The fraction of sp³-hybridized carbons (Fsp3) is 0.875. The summed E-state index contributed by atoms with van der Waals surface area (Å²) in [6.07, 6.45) is -0.0397. The van der Waals surface area contributed by atoms with Gasteiger partial charge in [0.1, 0.15) is 0 Å². The van der Waals surface area contributed by atoms with Gasteiger partial charge in [-0.1, -0.05) is 20.8 Å². The Hall–Kier alpha value is -0.340. The Balaban J connectivity index is 4.27. The van der Waals surface area contributed by atoms with Crippen molar-refractivity contribution in [3.05, 3.63) is 0 Å². The van der Waals surface area contributed by atoms with Crippen LogP contribution in [0.1, 0.15) is 27.2 Å². The number of hydrogen-bond donors (Lipinski definition) is 2. The Morgan fingerprint density at radius 1 is 1.38 bits per heavy atom. The molecule has 0 fully saturated rings. The number of hydrogen-bond acceptors (Lipinski definition) is 2. The molecule has 0 aromatic carbocycles. The fourth-order valence-corrected chi connectivity index (χ4v) is 2.95. The second-order valence-corrected chi connectivity index (χ2v) is 6.54. The van der Waals surface area contributed by atoms with Gasteiger partial charge in [0.2, 0.25) is 7.37 Å². The molecule has 78 valence electrons. The average Bonchev–Trinajstić information content (AvgIpc) is 1.81. The van der Waals surface area contributed by atoms with Gasteiger partial charge in [0.25, 0.3) is 0 Å². The zero-order valence-electron chi connectivity index (χ0n) is 8.23. The molecule has 0 aliphatic rings. The lowest BCUT2D eigenvalue weighted by Crippen LogP contribution is -2.14. The Labute approximate surface area is 78.4 Å². The highest BCUT2D eigenvalue weighted by atomic mass is 31.2. The molecule has 13 heavy (non-hydrogen) atoms. The molecule has 0 rings (SSSR count). The first-order chi connectivity index (χ1) is 5.75. The highest BCUT2D eigenvalue weighted by Gasteiger charge is 2.29. The topological polar surface area (TPSA) is 74.6 Å². The van der Waals surface area contributed by atoms with Crippen molar-refractivity contribution in [1.29, 1.82) is 0 Å². The standard InChI is InChI=1S/C8H17O4P/c1-6(2)5-13(11,12)7(3)4-8(9)10/h6-7H,4-5H2,1-3H3,(H,9,10)(H,11,12). The highest BCUT2D eigenvalue weighted by molar-refractivity contribution is 7.58. The van der Waals surface area contributed by atoms with Gasteiger partial charge in [-0.3, -0.25) is 9.36 Å². The summed E-state index contributed by atoms with van der Waals surface area (Å²) in [5, 5.41) is 8.45. The van der Waals surface area contributed by atoms with Crippen molar-refractivity contribution in [2.75, 3.05) is 6.16 Å². The summed E-state index contributed by atoms with van der Waals surface area (Å²) in [6.45, 7) is 5.20. The monoisotopic (exact) mass is 208 g/mol. The normalized spacial score (nSPS) is 18.2. The zero-order valence-corrected chi connectivity index (χ0v) is 9.12. The number of carboxylic acids is 1. The first kappa shape index (κ1) is 12.7. The van der Waals surface area contributed by atoms with Crippen molar-refractivity contribution >= 4 is 13.3 Å². The molecule has 0 amide bonds. The summed E-state index contributed by atoms with van der Waals surface area (Å²) >= 11 is 0. The molecule has 0 saturated carbocycles. The Bertz CT molecular complexity index is 224. The van der Waals surface area contributed by atoms with Crippen LogP contribution in [0.25, 0.3) is 0 Å². The molecule has 0 spiro atoms. The van der Waals surface area contributed by atoms with Gasteiger partial charge in [0.15, 0.2) is 0 Å². The lowest BCUT2D eigenvalue weighted by Gasteiger charge is -2.19. The van der Waals surface area contributed by atoms with Crippen molar-refractivity contribution in [1.82, 2.24) is 0 Å². The maximum absolute atomic E-state index is 11.6. The van der Waals surface area contributed by atoms with Crippen LogP contribution >= 0.6 is 7.37 Å². The SMILES string of the molecule is CC(C)CP(=O)(O)C(C)CC(=O)O. The van der Waals surface area contributed by atoms with E-state index in [1.807, 2.05) is 13.8 Å². The minimum absolute atomic E-state index is 0.118. The smallest absolute Gasteiger partial charge is 0.304 e. The summed E-state index contributed by atoms with van der Waals surface area (Å²) in [6, 6.07) is 0. The Kier molecular flexibility index (Phi) is 4.65. The molecular weight excluding hydrogens is 191 g/mol. The minimum Gasteiger partial charge on any atom is -0.481 e. The summed E-state index contributed by atoms with van der Waals surface area (Å²) in [7, 11) is -3.27. The molecule has 4 nitrogen and oxygen atoms in total. The second kappa shape index (κ2) is 4.77. The van der Waals surface area contributed by atoms with Gasteiger partial charge in [-0.2, -0.15) is 0 Å². The van der Waals surface area contributed by atoms with Crippen LogP contribution in [0.2, 0.25) is 0 Å². The molecule has 0 aliphatic heterocycles. The average molecular weight is 208 g/mol. The van der Waals surface area contributed by atoms with E-state index in [2.05, 4.69) is 0 Å². The third-order valence-corrected chi connectivity index (χ3v) is 4.60. The van der Waals surface area contributed by atoms with Crippen molar-refractivity contribution in [2.24, 2.45) is 5.92 Å². The highest BCUT2D eigenvalue weighted by Crippen LogP contribution is 2.48. The summed E-state index contributed by atoms with van der Waals surface area (Å²) in [4.78, 5) is 19.8. The molecular formula is C8H17O4P. The molecule has 0 radical (unpaired) electrons. The van der Waals surface area contributed by atoms with Crippen molar-refractivity contribution in [2.45, 2.75) is 32.9 Å². The van der Waals surface area contributed by atoms with E-state index in [-0.39, 0.29) is 18.5 Å². The lowest BCUT2D eigenvalue weighted by molar-refractivity contribution is -0.137. The molecule has 0 bridgehead atoms. The Morgan fingerprint density at radius 2 is 1.85 bits per heavy atom. The van der Waals surface area contributed by atoms with E-state index in [0.29, 0.717) is 0 Å². The lowest BCUT2D eigenvalue weighted by atomic mass is 10.3. The summed E-state index contributed by atoms with van der Waals surface area (Å²) in [5.41, 5.74) is -0.646. The van der Waals surface area contributed by atoms with Crippen LogP contribution in [-0.4, -0.2) is 27.8 Å². The maximum Gasteiger partial charge on any atom is 0.304 e. The minimum atomic E-state index is -3.27. The summed E-state index contributed by atoms with van der Waals surface area (Å²) < 4.78 is 11.6. The van der Waals surface area contributed by atoms with Gasteiger partial charge in [-0.25, -0.2) is 0 Å². The molecule has 0 aliphatic carbocycles. The van der Waals surface area contributed by atoms with Crippen LogP contribution in [0.4, 0.5) is 0 Å². The van der Waals surface area contributed by atoms with Crippen LogP contribution in [0.5, 0.6) is 0 Å². The zero-order chi connectivity index (χ0) is 10.6. The predicted molar refractivity (Wildman–Crippen MR) is 51.2 cm³/mol. The molecule has 5 heteroatoms. The third-order valence-electron chi connectivity index (χ3n) is 1.79. The van der Waals surface area contributed by atoms with E-state index in [4.69, 9.17) is 5.11 Å². The second-order valence-electron chi connectivity index (χ2n) is 3.78. The third kappa shape index (κ3) is 5.06. The summed E-state index contributed by atoms with van der Waals surface area (Å²) in [5.74, 6) is -0.905. The fourth-order valence-electron chi connectivity index (χ4n) is 1.10. The van der Waals surface area contributed by atoms with E-state index >= 15 is 0 Å². The number of carboxylic acid groups (broad SMARTS) is 1. The maximum atomic E-state index is 11.6. The molecule has 2 N–H and O–H groups in total. The first-order valence-corrected chi connectivity index (χ1v) is 6.20. The molecule has 0 aromatic rings. The van der Waals surface area contributed by atoms with Crippen LogP contribution in [0.3, 0.4) is 0 Å². The van der Waals surface area contributed by atoms with Gasteiger partial charge in [0.05, 0.1) is 6.42 Å². The van der Waals surface area contributed by atoms with E-state index < -0.39 is 19.0 Å². The Morgan fingerprint density at radius 3 is 2.15 bits per heavy atom. The van der Waals surface area contributed by atoms with E-state index in [1.165, 1.54) is 6.92 Å². The molecule has 0 aromatic heterocycles. The van der Waals surface area contributed by atoms with Crippen molar-refractivity contribution in [3.63, 3.8) is 0 Å². The van der Waals surface area contributed by atoms with Gasteiger partial charge < -0.3 is 10.00 Å². The van der Waals surface area contributed by atoms with Crippen LogP contribution < -0.4 is 0 Å². The van der Waals surface area contributed by atoms with Crippen molar-refractivity contribution in [3.8, 4) is 0 Å². The quantitative estimate of drug-likeness (QED) is 0.675. The van der Waals surface area contributed by atoms with Crippen LogP contribution in [0.15, 0.2) is 0 Å². The number of carbonyl (C=O) groups is 1. The largest absolute Gasteiger partial charge is 0.481 e. The first-order valence-electron chi connectivity index (χ1n) is 4.29. The van der Waals surface area contributed by atoms with E-state index in [9.17, 15) is 14.3 Å². The van der Waals surface area contributed by atoms with E-state index in [1.54, 1.807) is 0 Å². The van der Waals surface area contributed by atoms with Gasteiger partial charge in [0, 0.05) is 11.8 Å². The number of rotatable bonds is 5.